The summed E-state index contributed by atoms with van der Waals surface area (Å²) in [6.07, 6.45) is 1.90. The fourth-order valence-electron chi connectivity index (χ4n) is 4.66. The SMILES string of the molecule is CC1CC(C)CC2(C1)NC(=O)N(CC(=O)NS(=O)(=O)c1cccc(C(=O)N(C)C)c1)C2=O. The van der Waals surface area contributed by atoms with Crippen molar-refractivity contribution in [3.05, 3.63) is 29.8 Å². The molecule has 2 aliphatic rings. The van der Waals surface area contributed by atoms with Gasteiger partial charge in [0.2, 0.25) is 0 Å². The molecule has 1 aromatic carbocycles. The predicted octanol–water partition coefficient (Wildman–Crippen LogP) is 0.940. The van der Waals surface area contributed by atoms with Crippen LogP contribution in [0, 0.1) is 11.8 Å². The van der Waals surface area contributed by atoms with Gasteiger partial charge in [-0.15, -0.1) is 0 Å². The molecule has 0 bridgehead atoms. The fourth-order valence-corrected chi connectivity index (χ4v) is 5.68. The molecule has 1 heterocycles. The lowest BCUT2D eigenvalue weighted by Gasteiger charge is -2.37. The molecule has 1 saturated carbocycles. The van der Waals surface area contributed by atoms with Gasteiger partial charge in [-0.1, -0.05) is 19.9 Å². The Morgan fingerprint density at radius 3 is 2.41 bits per heavy atom. The summed E-state index contributed by atoms with van der Waals surface area (Å²) >= 11 is 0. The molecule has 11 heteroatoms. The molecule has 1 spiro atoms. The first-order valence-electron chi connectivity index (χ1n) is 10.4. The zero-order chi connectivity index (χ0) is 23.8. The van der Waals surface area contributed by atoms with E-state index in [-0.39, 0.29) is 22.3 Å². The van der Waals surface area contributed by atoms with E-state index in [1.807, 2.05) is 18.6 Å². The van der Waals surface area contributed by atoms with Gasteiger partial charge in [0, 0.05) is 19.7 Å². The van der Waals surface area contributed by atoms with Gasteiger partial charge >= 0.3 is 6.03 Å². The van der Waals surface area contributed by atoms with Crippen molar-refractivity contribution < 1.29 is 27.6 Å². The molecule has 2 N–H and O–H groups in total. The first-order valence-corrected chi connectivity index (χ1v) is 11.8. The smallest absolute Gasteiger partial charge is 0.325 e. The Balaban J connectivity index is 1.73. The molecule has 5 amide bonds. The van der Waals surface area contributed by atoms with Gasteiger partial charge in [0.25, 0.3) is 27.7 Å². The Morgan fingerprint density at radius 2 is 1.81 bits per heavy atom. The molecule has 1 aliphatic carbocycles. The highest BCUT2D eigenvalue weighted by atomic mass is 32.2. The number of rotatable bonds is 5. The molecular formula is C21H28N4O6S. The maximum Gasteiger partial charge on any atom is 0.325 e. The minimum atomic E-state index is -4.31. The van der Waals surface area contributed by atoms with E-state index in [0.717, 1.165) is 17.4 Å². The summed E-state index contributed by atoms with van der Waals surface area (Å²) in [6, 6.07) is 4.55. The second-order valence-corrected chi connectivity index (χ2v) is 10.7. The number of carbonyl (C=O) groups is 4. The standard InChI is InChI=1S/C21H28N4O6S/c1-13-8-14(2)11-21(10-13)19(28)25(20(29)22-21)12-17(26)23-32(30,31)16-7-5-6-15(9-16)18(27)24(3)4/h5-7,9,13-14H,8,10-12H2,1-4H3,(H,22,29)(H,23,26). The summed E-state index contributed by atoms with van der Waals surface area (Å²) in [4.78, 5) is 51.8. The normalized spacial score (nSPS) is 25.6. The van der Waals surface area contributed by atoms with Gasteiger partial charge in [0.15, 0.2) is 0 Å². The van der Waals surface area contributed by atoms with Crippen molar-refractivity contribution in [3.8, 4) is 0 Å². The van der Waals surface area contributed by atoms with Crippen LogP contribution in [0.2, 0.25) is 0 Å². The van der Waals surface area contributed by atoms with Crippen LogP contribution >= 0.6 is 0 Å². The van der Waals surface area contributed by atoms with Crippen LogP contribution in [-0.4, -0.2) is 68.1 Å². The Morgan fingerprint density at radius 1 is 1.19 bits per heavy atom. The molecule has 0 aromatic heterocycles. The third kappa shape index (κ3) is 4.62. The average Bonchev–Trinajstić information content (AvgIpc) is 2.89. The van der Waals surface area contributed by atoms with E-state index in [2.05, 4.69) is 5.32 Å². The summed E-state index contributed by atoms with van der Waals surface area (Å²) in [5.41, 5.74) is -0.907. The van der Waals surface area contributed by atoms with Crippen LogP contribution in [0.1, 0.15) is 43.5 Å². The molecule has 1 aromatic rings. The van der Waals surface area contributed by atoms with Gasteiger partial charge < -0.3 is 10.2 Å². The zero-order valence-corrected chi connectivity index (χ0v) is 19.4. The Kier molecular flexibility index (Phi) is 6.32. The van der Waals surface area contributed by atoms with Crippen molar-refractivity contribution in [2.75, 3.05) is 20.6 Å². The number of hydrogen-bond acceptors (Lipinski definition) is 6. The minimum absolute atomic E-state index is 0.141. The van der Waals surface area contributed by atoms with Crippen LogP contribution in [-0.2, 0) is 19.6 Å². The van der Waals surface area contributed by atoms with Crippen molar-refractivity contribution in [3.63, 3.8) is 0 Å². The predicted molar refractivity (Wildman–Crippen MR) is 115 cm³/mol. The van der Waals surface area contributed by atoms with Crippen molar-refractivity contribution in [2.24, 2.45) is 11.8 Å². The van der Waals surface area contributed by atoms with E-state index in [4.69, 9.17) is 0 Å². The zero-order valence-electron chi connectivity index (χ0n) is 18.5. The highest BCUT2D eigenvalue weighted by Gasteiger charge is 2.54. The summed E-state index contributed by atoms with van der Waals surface area (Å²) < 4.78 is 27.2. The molecular weight excluding hydrogens is 436 g/mol. The number of nitrogens with zero attached hydrogens (tertiary/aromatic N) is 2. The van der Waals surface area contributed by atoms with Crippen molar-refractivity contribution in [2.45, 2.75) is 43.5 Å². The maximum absolute atomic E-state index is 13.0. The van der Waals surface area contributed by atoms with E-state index in [0.29, 0.717) is 12.8 Å². The van der Waals surface area contributed by atoms with E-state index < -0.39 is 45.9 Å². The number of imide groups is 1. The molecule has 2 atom stereocenters. The number of urea groups is 1. The van der Waals surface area contributed by atoms with Crippen molar-refractivity contribution in [1.82, 2.24) is 19.8 Å². The van der Waals surface area contributed by atoms with Crippen molar-refractivity contribution in [1.29, 1.82) is 0 Å². The van der Waals surface area contributed by atoms with Gasteiger partial charge in [0.1, 0.15) is 12.1 Å². The molecule has 3 rings (SSSR count). The van der Waals surface area contributed by atoms with Crippen molar-refractivity contribution >= 4 is 33.8 Å². The van der Waals surface area contributed by atoms with E-state index in [9.17, 15) is 27.6 Å². The molecule has 174 valence electrons. The van der Waals surface area contributed by atoms with Crippen LogP contribution in [0.3, 0.4) is 0 Å². The number of sulfonamides is 1. The van der Waals surface area contributed by atoms with Gasteiger partial charge in [-0.2, -0.15) is 0 Å². The third-order valence-corrected chi connectivity index (χ3v) is 7.16. The first kappa shape index (κ1) is 23.7. The third-order valence-electron chi connectivity index (χ3n) is 5.79. The van der Waals surface area contributed by atoms with E-state index >= 15 is 0 Å². The fraction of sp³-hybridized carbons (Fsp3) is 0.524. The first-order chi connectivity index (χ1) is 14.8. The molecule has 2 fully saturated rings. The molecule has 1 aliphatic heterocycles. The van der Waals surface area contributed by atoms with Crippen LogP contribution in [0.25, 0.3) is 0 Å². The van der Waals surface area contributed by atoms with E-state index in [1.54, 1.807) is 0 Å². The van der Waals surface area contributed by atoms with Gasteiger partial charge in [-0.3, -0.25) is 19.3 Å². The number of carbonyl (C=O) groups excluding carboxylic acids is 4. The molecule has 0 radical (unpaired) electrons. The lowest BCUT2D eigenvalue weighted by molar-refractivity contribution is -0.136. The molecule has 2 unspecified atom stereocenters. The number of benzene rings is 1. The summed E-state index contributed by atoms with van der Waals surface area (Å²) in [5, 5.41) is 2.73. The Labute approximate surface area is 187 Å². The minimum Gasteiger partial charge on any atom is -0.345 e. The summed E-state index contributed by atoms with van der Waals surface area (Å²) in [5.74, 6) is -1.46. The van der Waals surface area contributed by atoms with Crippen LogP contribution < -0.4 is 10.0 Å². The van der Waals surface area contributed by atoms with Gasteiger partial charge in [0.05, 0.1) is 4.90 Å². The lowest BCUT2D eigenvalue weighted by Crippen LogP contribution is -2.52. The topological polar surface area (TPSA) is 133 Å². The van der Waals surface area contributed by atoms with E-state index in [1.165, 1.54) is 37.2 Å². The molecule has 32 heavy (non-hydrogen) atoms. The monoisotopic (exact) mass is 464 g/mol. The van der Waals surface area contributed by atoms with Gasteiger partial charge in [-0.05, 0) is 49.3 Å². The number of amides is 5. The number of hydrogen-bond donors (Lipinski definition) is 2. The summed E-state index contributed by atoms with van der Waals surface area (Å²) in [6.45, 7) is 3.30. The molecule has 10 nitrogen and oxygen atoms in total. The largest absolute Gasteiger partial charge is 0.345 e. The summed E-state index contributed by atoms with van der Waals surface area (Å²) in [7, 11) is -1.25. The Bertz CT molecular complexity index is 1060. The Hall–Kier alpha value is -2.95. The second-order valence-electron chi connectivity index (χ2n) is 9.01. The van der Waals surface area contributed by atoms with Crippen LogP contribution in [0.4, 0.5) is 4.79 Å². The van der Waals surface area contributed by atoms with Crippen LogP contribution in [0.5, 0.6) is 0 Å². The average molecular weight is 465 g/mol. The highest BCUT2D eigenvalue weighted by molar-refractivity contribution is 7.90. The number of nitrogens with one attached hydrogen (secondary N) is 2. The molecule has 1 saturated heterocycles. The maximum atomic E-state index is 13.0. The van der Waals surface area contributed by atoms with Gasteiger partial charge in [-0.25, -0.2) is 17.9 Å². The lowest BCUT2D eigenvalue weighted by atomic mass is 9.71. The second kappa shape index (κ2) is 8.53. The highest BCUT2D eigenvalue weighted by Crippen LogP contribution is 2.39. The quantitative estimate of drug-likeness (QED) is 0.623. The van der Waals surface area contributed by atoms with Crippen LogP contribution in [0.15, 0.2) is 29.2 Å².